The van der Waals surface area contributed by atoms with Gasteiger partial charge >= 0.3 is 5.97 Å². The molecule has 2 fully saturated rings. The van der Waals surface area contributed by atoms with Gasteiger partial charge in [-0.2, -0.15) is 0 Å². The van der Waals surface area contributed by atoms with Gasteiger partial charge in [0.2, 0.25) is 0 Å². The van der Waals surface area contributed by atoms with E-state index in [9.17, 15) is 4.79 Å². The van der Waals surface area contributed by atoms with Crippen molar-refractivity contribution >= 4 is 5.97 Å². The second-order valence-corrected chi connectivity index (χ2v) is 5.57. The molecule has 2 rings (SSSR count). The Hall–Kier alpha value is -0.610. The van der Waals surface area contributed by atoms with Gasteiger partial charge in [-0.25, -0.2) is 0 Å². The van der Waals surface area contributed by atoms with E-state index in [0.29, 0.717) is 12.1 Å². The van der Waals surface area contributed by atoms with Crippen molar-refractivity contribution in [2.24, 2.45) is 5.92 Å². The van der Waals surface area contributed by atoms with Crippen LogP contribution in [0.1, 0.15) is 38.5 Å². The molecule has 2 aliphatic rings. The fourth-order valence-corrected chi connectivity index (χ4v) is 3.08. The van der Waals surface area contributed by atoms with E-state index in [4.69, 9.17) is 5.11 Å². The molecule has 1 heterocycles. The number of hydrogen-bond acceptors (Lipinski definition) is 3. The third-order valence-electron chi connectivity index (χ3n) is 4.39. The lowest BCUT2D eigenvalue weighted by molar-refractivity contribution is -0.142. The number of likely N-dealkylation sites (tertiary alicyclic amines) is 1. The van der Waals surface area contributed by atoms with Crippen molar-refractivity contribution in [2.75, 3.05) is 20.1 Å². The first-order valence-electron chi connectivity index (χ1n) is 6.83. The Labute approximate surface area is 103 Å². The van der Waals surface area contributed by atoms with Gasteiger partial charge in [0.15, 0.2) is 0 Å². The van der Waals surface area contributed by atoms with Crippen LogP contribution in [0, 0.1) is 5.92 Å². The zero-order valence-corrected chi connectivity index (χ0v) is 10.7. The van der Waals surface area contributed by atoms with Crippen LogP contribution in [-0.4, -0.2) is 48.2 Å². The zero-order valence-electron chi connectivity index (χ0n) is 10.7. The Kier molecular flexibility index (Phi) is 4.40. The highest BCUT2D eigenvalue weighted by Crippen LogP contribution is 2.24. The number of nitrogens with zero attached hydrogens (tertiary/aromatic N) is 1. The molecule has 1 saturated carbocycles. The van der Waals surface area contributed by atoms with Gasteiger partial charge in [-0.3, -0.25) is 4.79 Å². The van der Waals surface area contributed by atoms with Crippen LogP contribution >= 0.6 is 0 Å². The number of aliphatic carboxylic acids is 1. The van der Waals surface area contributed by atoms with Gasteiger partial charge in [0.05, 0.1) is 5.92 Å². The number of hydrogen-bond donors (Lipinski definition) is 2. The molecule has 0 aromatic heterocycles. The van der Waals surface area contributed by atoms with Gasteiger partial charge in [0.1, 0.15) is 0 Å². The van der Waals surface area contributed by atoms with Crippen LogP contribution in [0.2, 0.25) is 0 Å². The zero-order chi connectivity index (χ0) is 12.3. The van der Waals surface area contributed by atoms with Crippen molar-refractivity contribution in [3.05, 3.63) is 0 Å². The van der Waals surface area contributed by atoms with Crippen molar-refractivity contribution in [1.29, 1.82) is 0 Å². The van der Waals surface area contributed by atoms with Crippen LogP contribution in [0.4, 0.5) is 0 Å². The molecule has 0 radical (unpaired) electrons. The van der Waals surface area contributed by atoms with Gasteiger partial charge in [-0.1, -0.05) is 0 Å². The molecule has 1 aliphatic carbocycles. The summed E-state index contributed by atoms with van der Waals surface area (Å²) in [5.74, 6) is -0.707. The highest BCUT2D eigenvalue weighted by molar-refractivity contribution is 5.70. The fraction of sp³-hybridized carbons (Fsp3) is 0.923. The normalized spacial score (nSPS) is 35.0. The first-order valence-corrected chi connectivity index (χ1v) is 6.83. The van der Waals surface area contributed by atoms with E-state index in [1.54, 1.807) is 0 Å². The minimum atomic E-state index is -0.612. The molecule has 0 aromatic carbocycles. The standard InChI is InChI=1S/C13H24N2O2/c1-15-8-2-3-12(15)9-14-11-6-4-10(5-7-11)13(16)17/h10-12,14H,2-9H2,1H3,(H,16,17). The second kappa shape index (κ2) is 5.83. The molecule has 2 N–H and O–H groups in total. The van der Waals surface area contributed by atoms with Crippen LogP contribution in [0.15, 0.2) is 0 Å². The van der Waals surface area contributed by atoms with Crippen molar-refractivity contribution < 1.29 is 9.90 Å². The summed E-state index contributed by atoms with van der Waals surface area (Å²) in [5, 5.41) is 12.6. The molecule has 1 aliphatic heterocycles. The minimum absolute atomic E-state index is 0.0952. The van der Waals surface area contributed by atoms with E-state index in [2.05, 4.69) is 17.3 Å². The van der Waals surface area contributed by atoms with Crippen LogP contribution in [0.3, 0.4) is 0 Å². The fourth-order valence-electron chi connectivity index (χ4n) is 3.08. The predicted molar refractivity (Wildman–Crippen MR) is 67.0 cm³/mol. The van der Waals surface area contributed by atoms with E-state index in [1.807, 2.05) is 0 Å². The van der Waals surface area contributed by atoms with Crippen LogP contribution in [-0.2, 0) is 4.79 Å². The molecule has 1 atom stereocenters. The van der Waals surface area contributed by atoms with Gasteiger partial charge in [0, 0.05) is 18.6 Å². The van der Waals surface area contributed by atoms with E-state index < -0.39 is 5.97 Å². The quantitative estimate of drug-likeness (QED) is 0.778. The largest absolute Gasteiger partial charge is 0.481 e. The van der Waals surface area contributed by atoms with E-state index in [-0.39, 0.29) is 5.92 Å². The summed E-state index contributed by atoms with van der Waals surface area (Å²) >= 11 is 0. The second-order valence-electron chi connectivity index (χ2n) is 5.57. The summed E-state index contributed by atoms with van der Waals surface area (Å²) in [5.41, 5.74) is 0. The highest BCUT2D eigenvalue weighted by atomic mass is 16.4. The smallest absolute Gasteiger partial charge is 0.306 e. The molecule has 4 heteroatoms. The van der Waals surface area contributed by atoms with Gasteiger partial charge < -0.3 is 15.3 Å². The van der Waals surface area contributed by atoms with Gasteiger partial charge in [-0.15, -0.1) is 0 Å². The lowest BCUT2D eigenvalue weighted by Crippen LogP contribution is -2.42. The molecule has 0 bridgehead atoms. The van der Waals surface area contributed by atoms with E-state index in [0.717, 1.165) is 32.2 Å². The first kappa shape index (κ1) is 12.8. The molecule has 1 unspecified atom stereocenters. The maximum absolute atomic E-state index is 10.8. The van der Waals surface area contributed by atoms with Crippen molar-refractivity contribution in [1.82, 2.24) is 10.2 Å². The summed E-state index contributed by atoms with van der Waals surface area (Å²) in [6.45, 7) is 2.29. The van der Waals surface area contributed by atoms with Crippen molar-refractivity contribution in [3.8, 4) is 0 Å². The Morgan fingerprint density at radius 2 is 2.00 bits per heavy atom. The Balaban J connectivity index is 1.66. The summed E-state index contributed by atoms with van der Waals surface area (Å²) in [4.78, 5) is 13.3. The molecule has 0 amide bonds. The third kappa shape index (κ3) is 3.42. The molecular weight excluding hydrogens is 216 g/mol. The number of carboxylic acid groups (broad SMARTS) is 1. The third-order valence-corrected chi connectivity index (χ3v) is 4.39. The minimum Gasteiger partial charge on any atom is -0.481 e. The average molecular weight is 240 g/mol. The first-order chi connectivity index (χ1) is 8.16. The number of rotatable bonds is 4. The SMILES string of the molecule is CN1CCCC1CNC1CCC(C(=O)O)CC1. The van der Waals surface area contributed by atoms with E-state index in [1.165, 1.54) is 19.4 Å². The summed E-state index contributed by atoms with van der Waals surface area (Å²) in [6, 6.07) is 1.23. The molecule has 17 heavy (non-hydrogen) atoms. The molecule has 0 spiro atoms. The lowest BCUT2D eigenvalue weighted by Gasteiger charge is -2.29. The monoisotopic (exact) mass is 240 g/mol. The predicted octanol–water partition coefficient (Wildman–Crippen LogP) is 1.31. The van der Waals surface area contributed by atoms with Crippen LogP contribution < -0.4 is 5.32 Å². The van der Waals surface area contributed by atoms with Gasteiger partial charge in [-0.05, 0) is 52.1 Å². The van der Waals surface area contributed by atoms with Gasteiger partial charge in [0.25, 0.3) is 0 Å². The average Bonchev–Trinajstić information content (AvgIpc) is 2.73. The van der Waals surface area contributed by atoms with Crippen molar-refractivity contribution in [3.63, 3.8) is 0 Å². The summed E-state index contributed by atoms with van der Waals surface area (Å²) in [7, 11) is 2.20. The Bertz CT molecular complexity index is 262. The van der Waals surface area contributed by atoms with Crippen LogP contribution in [0.25, 0.3) is 0 Å². The summed E-state index contributed by atoms with van der Waals surface area (Å²) in [6.07, 6.45) is 6.34. The number of carbonyl (C=O) groups is 1. The van der Waals surface area contributed by atoms with Crippen LogP contribution in [0.5, 0.6) is 0 Å². The molecule has 0 aromatic rings. The maximum atomic E-state index is 10.8. The molecule has 98 valence electrons. The maximum Gasteiger partial charge on any atom is 0.306 e. The summed E-state index contributed by atoms with van der Waals surface area (Å²) < 4.78 is 0. The topological polar surface area (TPSA) is 52.6 Å². The van der Waals surface area contributed by atoms with Crippen molar-refractivity contribution in [2.45, 2.75) is 50.6 Å². The lowest BCUT2D eigenvalue weighted by atomic mass is 9.86. The number of nitrogens with one attached hydrogen (secondary N) is 1. The number of likely N-dealkylation sites (N-methyl/N-ethyl adjacent to an activating group) is 1. The number of carboxylic acids is 1. The highest BCUT2D eigenvalue weighted by Gasteiger charge is 2.27. The Morgan fingerprint density at radius 1 is 1.29 bits per heavy atom. The Morgan fingerprint density at radius 3 is 2.53 bits per heavy atom. The molecule has 4 nitrogen and oxygen atoms in total. The molecular formula is C13H24N2O2. The van der Waals surface area contributed by atoms with E-state index >= 15 is 0 Å². The molecule has 1 saturated heterocycles.